The van der Waals surface area contributed by atoms with Crippen molar-refractivity contribution in [3.63, 3.8) is 0 Å². The summed E-state index contributed by atoms with van der Waals surface area (Å²) in [7, 11) is 0. The number of benzene rings is 1. The molecular weight excluding hydrogens is 194 g/mol. The fraction of sp³-hybridized carbons (Fsp3) is 0.400. The Morgan fingerprint density at radius 1 is 1.31 bits per heavy atom. The van der Waals surface area contributed by atoms with Crippen molar-refractivity contribution < 1.29 is 8.78 Å². The van der Waals surface area contributed by atoms with Gasteiger partial charge in [-0.3, -0.25) is 0 Å². The summed E-state index contributed by atoms with van der Waals surface area (Å²) in [5.74, 6) is -3.22. The van der Waals surface area contributed by atoms with Gasteiger partial charge in [0.25, 0.3) is 5.92 Å². The molecule has 0 spiro atoms. The minimum atomic E-state index is -2.55. The van der Waals surface area contributed by atoms with Crippen molar-refractivity contribution in [2.45, 2.75) is 24.7 Å². The second kappa shape index (κ2) is 2.95. The van der Waals surface area contributed by atoms with E-state index in [1.54, 1.807) is 24.3 Å². The Bertz CT molecular complexity index is 322. The number of alkyl halides is 2. The van der Waals surface area contributed by atoms with E-state index in [-0.39, 0.29) is 6.42 Å². The molecule has 1 aliphatic rings. The first kappa shape index (κ1) is 8.95. The zero-order chi connectivity index (χ0) is 9.47. The molecule has 0 radical (unpaired) electrons. The van der Waals surface area contributed by atoms with Crippen molar-refractivity contribution in [3.05, 3.63) is 34.9 Å². The van der Waals surface area contributed by atoms with Crippen molar-refractivity contribution in [1.29, 1.82) is 0 Å². The van der Waals surface area contributed by atoms with Crippen molar-refractivity contribution in [1.82, 2.24) is 0 Å². The van der Waals surface area contributed by atoms with E-state index in [0.717, 1.165) is 0 Å². The summed E-state index contributed by atoms with van der Waals surface area (Å²) in [6, 6.07) is 6.84. The van der Waals surface area contributed by atoms with Crippen LogP contribution in [0.2, 0.25) is 5.02 Å². The SMILES string of the molecule is FC1(F)CCC1c1ccccc1Cl. The summed E-state index contributed by atoms with van der Waals surface area (Å²) in [6.07, 6.45) is 0.527. The molecule has 0 heterocycles. The molecule has 0 aromatic heterocycles. The van der Waals surface area contributed by atoms with Gasteiger partial charge in [-0.15, -0.1) is 0 Å². The van der Waals surface area contributed by atoms with Gasteiger partial charge in [0.15, 0.2) is 0 Å². The van der Waals surface area contributed by atoms with Crippen LogP contribution in [0.4, 0.5) is 8.78 Å². The maximum absolute atomic E-state index is 13.0. The van der Waals surface area contributed by atoms with E-state index in [1.807, 2.05) is 0 Å². The van der Waals surface area contributed by atoms with Crippen LogP contribution in [0.1, 0.15) is 24.3 Å². The topological polar surface area (TPSA) is 0 Å². The highest BCUT2D eigenvalue weighted by atomic mass is 35.5. The molecule has 1 fully saturated rings. The van der Waals surface area contributed by atoms with Gasteiger partial charge in [0.05, 0.1) is 0 Å². The number of hydrogen-bond acceptors (Lipinski definition) is 0. The highest BCUT2D eigenvalue weighted by molar-refractivity contribution is 6.31. The molecule has 1 atom stereocenters. The molecule has 70 valence electrons. The minimum absolute atomic E-state index is 0.0110. The first-order valence-corrected chi connectivity index (χ1v) is 4.61. The van der Waals surface area contributed by atoms with Crippen LogP contribution in [0, 0.1) is 0 Å². The van der Waals surface area contributed by atoms with Crippen molar-refractivity contribution in [2.24, 2.45) is 0 Å². The summed E-state index contributed by atoms with van der Waals surface area (Å²) >= 11 is 5.83. The molecule has 1 aromatic rings. The predicted octanol–water partition coefficient (Wildman–Crippen LogP) is 3.85. The van der Waals surface area contributed by atoms with Crippen LogP contribution in [-0.4, -0.2) is 5.92 Å². The lowest BCUT2D eigenvalue weighted by atomic mass is 9.76. The monoisotopic (exact) mass is 202 g/mol. The van der Waals surface area contributed by atoms with E-state index in [4.69, 9.17) is 11.6 Å². The Labute approximate surface area is 80.5 Å². The first-order chi connectivity index (χ1) is 6.11. The lowest BCUT2D eigenvalue weighted by Crippen LogP contribution is -2.36. The Morgan fingerprint density at radius 2 is 2.00 bits per heavy atom. The maximum atomic E-state index is 13.0. The Hall–Kier alpha value is -0.630. The third-order valence-electron chi connectivity index (χ3n) is 2.56. The van der Waals surface area contributed by atoms with Crippen LogP contribution in [0.3, 0.4) is 0 Å². The molecule has 2 rings (SSSR count). The molecule has 1 aliphatic carbocycles. The molecule has 0 aliphatic heterocycles. The molecule has 1 saturated carbocycles. The van der Waals surface area contributed by atoms with Crippen LogP contribution in [0.25, 0.3) is 0 Å². The Balaban J connectivity index is 2.32. The average Bonchev–Trinajstić information content (AvgIpc) is 2.07. The molecule has 1 unspecified atom stereocenters. The predicted molar refractivity (Wildman–Crippen MR) is 48.4 cm³/mol. The molecule has 0 amide bonds. The van der Waals surface area contributed by atoms with Gasteiger partial charge in [0.2, 0.25) is 0 Å². The Kier molecular flexibility index (Phi) is 2.03. The lowest BCUT2D eigenvalue weighted by Gasteiger charge is -2.36. The Morgan fingerprint density at radius 3 is 2.46 bits per heavy atom. The summed E-state index contributed by atoms with van der Waals surface area (Å²) in [5, 5.41) is 0.451. The van der Waals surface area contributed by atoms with Crippen molar-refractivity contribution in [3.8, 4) is 0 Å². The third kappa shape index (κ3) is 1.44. The van der Waals surface area contributed by atoms with E-state index in [1.165, 1.54) is 0 Å². The molecule has 13 heavy (non-hydrogen) atoms. The number of halogens is 3. The number of rotatable bonds is 1. The fourth-order valence-electron chi connectivity index (χ4n) is 1.65. The van der Waals surface area contributed by atoms with Gasteiger partial charge in [0, 0.05) is 17.4 Å². The van der Waals surface area contributed by atoms with Gasteiger partial charge in [-0.05, 0) is 18.1 Å². The lowest BCUT2D eigenvalue weighted by molar-refractivity contribution is -0.0962. The van der Waals surface area contributed by atoms with E-state index < -0.39 is 11.8 Å². The first-order valence-electron chi connectivity index (χ1n) is 4.23. The number of hydrogen-bond donors (Lipinski definition) is 0. The van der Waals surface area contributed by atoms with Crippen LogP contribution in [0.15, 0.2) is 24.3 Å². The zero-order valence-electron chi connectivity index (χ0n) is 6.93. The van der Waals surface area contributed by atoms with Crippen LogP contribution < -0.4 is 0 Å². The van der Waals surface area contributed by atoms with Crippen molar-refractivity contribution in [2.75, 3.05) is 0 Å². The molecule has 0 nitrogen and oxygen atoms in total. The largest absolute Gasteiger partial charge is 0.254 e. The van der Waals surface area contributed by atoms with Gasteiger partial charge in [0.1, 0.15) is 0 Å². The fourth-order valence-corrected chi connectivity index (χ4v) is 1.92. The van der Waals surface area contributed by atoms with Crippen LogP contribution in [0.5, 0.6) is 0 Å². The summed E-state index contributed by atoms with van der Waals surface area (Å²) in [4.78, 5) is 0. The van der Waals surface area contributed by atoms with Gasteiger partial charge in [-0.25, -0.2) is 8.78 Å². The highest BCUT2D eigenvalue weighted by Gasteiger charge is 2.49. The van der Waals surface area contributed by atoms with Gasteiger partial charge in [-0.1, -0.05) is 29.8 Å². The maximum Gasteiger partial charge on any atom is 0.254 e. The summed E-state index contributed by atoms with van der Waals surface area (Å²) in [6.45, 7) is 0. The normalized spacial score (nSPS) is 25.3. The summed E-state index contributed by atoms with van der Waals surface area (Å²) < 4.78 is 26.0. The van der Waals surface area contributed by atoms with Crippen molar-refractivity contribution >= 4 is 11.6 Å². The standard InChI is InChI=1S/C10H9ClF2/c11-9-4-2-1-3-7(9)8-5-6-10(8,12)13/h1-4,8H,5-6H2. The summed E-state index contributed by atoms with van der Waals surface area (Å²) in [5.41, 5.74) is 0.584. The quantitative estimate of drug-likeness (QED) is 0.649. The second-order valence-corrected chi connectivity index (χ2v) is 3.78. The smallest absolute Gasteiger partial charge is 0.206 e. The minimum Gasteiger partial charge on any atom is -0.206 e. The molecule has 0 N–H and O–H groups in total. The molecule has 3 heteroatoms. The van der Waals surface area contributed by atoms with E-state index in [0.29, 0.717) is 17.0 Å². The molecule has 0 saturated heterocycles. The zero-order valence-corrected chi connectivity index (χ0v) is 7.69. The van der Waals surface area contributed by atoms with Gasteiger partial charge < -0.3 is 0 Å². The molecule has 0 bridgehead atoms. The van der Waals surface area contributed by atoms with E-state index >= 15 is 0 Å². The average molecular weight is 203 g/mol. The van der Waals surface area contributed by atoms with E-state index in [2.05, 4.69) is 0 Å². The van der Waals surface area contributed by atoms with E-state index in [9.17, 15) is 8.78 Å². The third-order valence-corrected chi connectivity index (χ3v) is 2.90. The molecule has 1 aromatic carbocycles. The molecular formula is C10H9ClF2. The second-order valence-electron chi connectivity index (χ2n) is 3.37. The highest BCUT2D eigenvalue weighted by Crippen LogP contribution is 2.51. The van der Waals surface area contributed by atoms with Gasteiger partial charge >= 0.3 is 0 Å². The van der Waals surface area contributed by atoms with Crippen LogP contribution >= 0.6 is 11.6 Å². The van der Waals surface area contributed by atoms with Gasteiger partial charge in [-0.2, -0.15) is 0 Å². The van der Waals surface area contributed by atoms with Crippen LogP contribution in [-0.2, 0) is 0 Å².